The molecule has 2 aliphatic heterocycles. The van der Waals surface area contributed by atoms with E-state index in [0.717, 1.165) is 5.56 Å². The second-order valence-electron chi connectivity index (χ2n) is 5.29. The van der Waals surface area contributed by atoms with Gasteiger partial charge in [0.2, 0.25) is 0 Å². The SMILES string of the molecule is COC(=O)c1ccc2c(c1)C1CC(C)(O2)N(C)C(=O)N1. The molecule has 2 amide bonds. The van der Waals surface area contributed by atoms with Gasteiger partial charge in [0.15, 0.2) is 5.72 Å². The Bertz CT molecular complexity index is 601. The van der Waals surface area contributed by atoms with Gasteiger partial charge in [-0.15, -0.1) is 0 Å². The van der Waals surface area contributed by atoms with Gasteiger partial charge >= 0.3 is 12.0 Å². The first-order valence-corrected chi connectivity index (χ1v) is 6.40. The monoisotopic (exact) mass is 276 g/mol. The van der Waals surface area contributed by atoms with Gasteiger partial charge in [0.25, 0.3) is 0 Å². The number of rotatable bonds is 1. The Kier molecular flexibility index (Phi) is 2.64. The van der Waals surface area contributed by atoms with E-state index in [9.17, 15) is 9.59 Å². The maximum Gasteiger partial charge on any atom is 0.337 e. The zero-order chi connectivity index (χ0) is 14.5. The minimum Gasteiger partial charge on any atom is -0.468 e. The second kappa shape index (κ2) is 4.13. The average molecular weight is 276 g/mol. The molecule has 6 heteroatoms. The van der Waals surface area contributed by atoms with Crippen LogP contribution in [0.4, 0.5) is 4.79 Å². The van der Waals surface area contributed by atoms with Crippen LogP contribution in [0.5, 0.6) is 5.75 Å². The molecule has 0 saturated carbocycles. The van der Waals surface area contributed by atoms with Crippen molar-refractivity contribution in [3.8, 4) is 5.75 Å². The third-order valence-corrected chi connectivity index (χ3v) is 4.03. The van der Waals surface area contributed by atoms with Crippen LogP contribution in [0.15, 0.2) is 18.2 Å². The van der Waals surface area contributed by atoms with E-state index in [0.29, 0.717) is 17.7 Å². The van der Waals surface area contributed by atoms with E-state index in [-0.39, 0.29) is 12.1 Å². The number of hydrogen-bond donors (Lipinski definition) is 1. The van der Waals surface area contributed by atoms with Crippen LogP contribution >= 0.6 is 0 Å². The molecule has 6 nitrogen and oxygen atoms in total. The van der Waals surface area contributed by atoms with E-state index in [1.807, 2.05) is 6.92 Å². The van der Waals surface area contributed by atoms with Gasteiger partial charge in [-0.25, -0.2) is 9.59 Å². The number of ether oxygens (including phenoxy) is 2. The molecule has 20 heavy (non-hydrogen) atoms. The summed E-state index contributed by atoms with van der Waals surface area (Å²) in [5.74, 6) is 0.281. The molecule has 2 atom stereocenters. The molecule has 2 unspecified atom stereocenters. The van der Waals surface area contributed by atoms with Crippen LogP contribution in [0, 0.1) is 0 Å². The number of carbonyl (C=O) groups is 2. The number of nitrogens with zero attached hydrogens (tertiary/aromatic N) is 1. The summed E-state index contributed by atoms with van der Waals surface area (Å²) in [5.41, 5.74) is 0.603. The van der Waals surface area contributed by atoms with Crippen molar-refractivity contribution in [3.05, 3.63) is 29.3 Å². The third kappa shape index (κ3) is 1.71. The van der Waals surface area contributed by atoms with E-state index in [1.165, 1.54) is 7.11 Å². The van der Waals surface area contributed by atoms with Crippen molar-refractivity contribution >= 4 is 12.0 Å². The summed E-state index contributed by atoms with van der Waals surface area (Å²) in [4.78, 5) is 25.1. The van der Waals surface area contributed by atoms with Gasteiger partial charge in [-0.2, -0.15) is 0 Å². The summed E-state index contributed by atoms with van der Waals surface area (Å²) >= 11 is 0. The molecule has 0 aromatic heterocycles. The number of fused-ring (bicyclic) bond motifs is 4. The summed E-state index contributed by atoms with van der Waals surface area (Å²) in [6, 6.07) is 4.79. The zero-order valence-corrected chi connectivity index (χ0v) is 11.6. The molecule has 2 heterocycles. The molecule has 0 radical (unpaired) electrons. The molecule has 2 bridgehead atoms. The first-order valence-electron chi connectivity index (χ1n) is 6.40. The van der Waals surface area contributed by atoms with Crippen molar-refractivity contribution < 1.29 is 19.1 Å². The topological polar surface area (TPSA) is 67.9 Å². The Balaban J connectivity index is 2.05. The van der Waals surface area contributed by atoms with Gasteiger partial charge in [0.05, 0.1) is 18.7 Å². The molecule has 1 N–H and O–H groups in total. The quantitative estimate of drug-likeness (QED) is 0.792. The Morgan fingerprint density at radius 3 is 3.00 bits per heavy atom. The number of methoxy groups -OCH3 is 1. The Morgan fingerprint density at radius 2 is 2.30 bits per heavy atom. The fraction of sp³-hybridized carbons (Fsp3) is 0.429. The summed E-state index contributed by atoms with van der Waals surface area (Å²) in [7, 11) is 3.05. The highest BCUT2D eigenvalue weighted by Gasteiger charge is 2.47. The third-order valence-electron chi connectivity index (χ3n) is 4.03. The van der Waals surface area contributed by atoms with E-state index in [1.54, 1.807) is 30.1 Å². The molecule has 1 saturated heterocycles. The lowest BCUT2D eigenvalue weighted by Gasteiger charge is -2.49. The Labute approximate surface area is 116 Å². The lowest BCUT2D eigenvalue weighted by Crippen LogP contribution is -2.63. The summed E-state index contributed by atoms with van der Waals surface area (Å²) < 4.78 is 10.7. The first-order chi connectivity index (χ1) is 9.44. The molecule has 0 spiro atoms. The fourth-order valence-electron chi connectivity index (χ4n) is 2.72. The highest BCUT2D eigenvalue weighted by molar-refractivity contribution is 5.90. The number of urea groups is 1. The average Bonchev–Trinajstić information content (AvgIpc) is 2.43. The van der Waals surface area contributed by atoms with E-state index >= 15 is 0 Å². The van der Waals surface area contributed by atoms with Crippen LogP contribution in [0.3, 0.4) is 0 Å². The lowest BCUT2D eigenvalue weighted by molar-refractivity contribution is -0.0718. The van der Waals surface area contributed by atoms with E-state index in [2.05, 4.69) is 5.32 Å². The molecule has 2 aliphatic rings. The summed E-state index contributed by atoms with van der Waals surface area (Å²) in [6.07, 6.45) is 0.632. The van der Waals surface area contributed by atoms with Crippen molar-refractivity contribution in [2.24, 2.45) is 0 Å². The van der Waals surface area contributed by atoms with Crippen molar-refractivity contribution in [1.29, 1.82) is 0 Å². The number of esters is 1. The molecule has 0 aliphatic carbocycles. The standard InChI is InChI=1S/C14H16N2O4/c1-14-7-10(15-13(18)16(14)2)9-6-8(12(17)19-3)4-5-11(9)20-14/h4-6,10H,7H2,1-3H3,(H,15,18). The first kappa shape index (κ1) is 12.8. The van der Waals surface area contributed by atoms with Crippen molar-refractivity contribution in [2.75, 3.05) is 14.2 Å². The minimum absolute atomic E-state index is 0.156. The summed E-state index contributed by atoms with van der Waals surface area (Å²) in [6.45, 7) is 1.88. The van der Waals surface area contributed by atoms with Gasteiger partial charge in [-0.1, -0.05) is 0 Å². The maximum atomic E-state index is 11.9. The number of carbonyl (C=O) groups excluding carboxylic acids is 2. The van der Waals surface area contributed by atoms with Crippen molar-refractivity contribution in [1.82, 2.24) is 10.2 Å². The highest BCUT2D eigenvalue weighted by atomic mass is 16.5. The molecule has 1 fully saturated rings. The smallest absolute Gasteiger partial charge is 0.337 e. The van der Waals surface area contributed by atoms with E-state index < -0.39 is 11.7 Å². The van der Waals surface area contributed by atoms with E-state index in [4.69, 9.17) is 9.47 Å². The van der Waals surface area contributed by atoms with Crippen LogP contribution in [0.1, 0.15) is 35.3 Å². The predicted molar refractivity (Wildman–Crippen MR) is 70.5 cm³/mol. The Hall–Kier alpha value is -2.24. The molecule has 1 aromatic rings. The van der Waals surface area contributed by atoms with Crippen molar-refractivity contribution in [3.63, 3.8) is 0 Å². The fourth-order valence-corrected chi connectivity index (χ4v) is 2.72. The number of benzene rings is 1. The number of amides is 2. The normalized spacial score (nSPS) is 27.2. The molecular formula is C14H16N2O4. The van der Waals surface area contributed by atoms with Gasteiger partial charge in [-0.05, 0) is 25.1 Å². The number of hydrogen-bond acceptors (Lipinski definition) is 4. The van der Waals surface area contributed by atoms with Crippen molar-refractivity contribution in [2.45, 2.75) is 25.1 Å². The van der Waals surface area contributed by atoms with Crippen LogP contribution in [-0.2, 0) is 4.74 Å². The van der Waals surface area contributed by atoms with Gasteiger partial charge in [0.1, 0.15) is 5.75 Å². The van der Waals surface area contributed by atoms with Crippen LogP contribution in [0.25, 0.3) is 0 Å². The van der Waals surface area contributed by atoms with Crippen LogP contribution in [0.2, 0.25) is 0 Å². The minimum atomic E-state index is -0.660. The van der Waals surface area contributed by atoms with Gasteiger partial charge < -0.3 is 14.8 Å². The zero-order valence-electron chi connectivity index (χ0n) is 11.6. The molecular weight excluding hydrogens is 260 g/mol. The number of nitrogens with one attached hydrogen (secondary N) is 1. The summed E-state index contributed by atoms with van der Waals surface area (Å²) in [5, 5.41) is 2.92. The molecule has 1 aromatic carbocycles. The largest absolute Gasteiger partial charge is 0.468 e. The Morgan fingerprint density at radius 1 is 1.55 bits per heavy atom. The maximum absolute atomic E-state index is 11.9. The highest BCUT2D eigenvalue weighted by Crippen LogP contribution is 2.43. The second-order valence-corrected chi connectivity index (χ2v) is 5.29. The lowest BCUT2D eigenvalue weighted by atomic mass is 9.90. The predicted octanol–water partition coefficient (Wildman–Crippen LogP) is 1.67. The molecule has 106 valence electrons. The van der Waals surface area contributed by atoms with Crippen LogP contribution < -0.4 is 10.1 Å². The van der Waals surface area contributed by atoms with Gasteiger partial charge in [0, 0.05) is 19.0 Å². The van der Waals surface area contributed by atoms with Crippen LogP contribution in [-0.4, -0.2) is 36.8 Å². The van der Waals surface area contributed by atoms with Gasteiger partial charge in [-0.3, -0.25) is 4.90 Å². The molecule has 3 rings (SSSR count).